The molecule has 0 aromatic carbocycles. The van der Waals surface area contributed by atoms with E-state index >= 15 is 0 Å². The van der Waals surface area contributed by atoms with Crippen LogP contribution in [0.3, 0.4) is 0 Å². The average Bonchev–Trinajstić information content (AvgIpc) is 3.37. The lowest BCUT2D eigenvalue weighted by molar-refractivity contribution is 0.0835. The van der Waals surface area contributed by atoms with E-state index in [1.807, 2.05) is 6.92 Å². The molecule has 2 fully saturated rings. The third-order valence-corrected chi connectivity index (χ3v) is 4.95. The first-order chi connectivity index (χ1) is 12.3. The highest BCUT2D eigenvalue weighted by molar-refractivity contribution is 5.85. The Morgan fingerprint density at radius 1 is 1.27 bits per heavy atom. The molecule has 2 aromatic heterocycles. The Morgan fingerprint density at radius 3 is 2.77 bits per heavy atom. The molecule has 1 atom stereocenters. The number of aromatic nitrogens is 5. The lowest BCUT2D eigenvalue weighted by Crippen LogP contribution is -2.29. The molecule has 9 nitrogen and oxygen atoms in total. The molecule has 0 aliphatic carbocycles. The molecular weight excluding hydrogens is 360 g/mol. The first-order valence-electron chi connectivity index (χ1n) is 9.08. The van der Waals surface area contributed by atoms with Gasteiger partial charge >= 0.3 is 5.69 Å². The Morgan fingerprint density at radius 2 is 2.08 bits per heavy atom. The summed E-state index contributed by atoms with van der Waals surface area (Å²) >= 11 is 0. The number of piperidine rings is 1. The average molecular weight is 385 g/mol. The Labute approximate surface area is 157 Å². The standard InChI is InChI=1S/C16H24N6O3.ClH/c1-2-21-14(11-5-7-17-8-6-11)19-22(16(21)23)10-13-18-15(25-20-13)12-4-3-9-24-12;/h11-12,17H,2-10H2,1H3;1H. The monoisotopic (exact) mass is 384 g/mol. The van der Waals surface area contributed by atoms with Gasteiger partial charge in [0.15, 0.2) is 5.82 Å². The summed E-state index contributed by atoms with van der Waals surface area (Å²) in [6, 6.07) is 0. The SMILES string of the molecule is CCn1c(C2CCNCC2)nn(Cc2noc(C3CCCO3)n2)c1=O.Cl. The maximum absolute atomic E-state index is 12.7. The molecule has 0 radical (unpaired) electrons. The van der Waals surface area contributed by atoms with Crippen molar-refractivity contribution in [3.8, 4) is 0 Å². The molecule has 10 heteroatoms. The second kappa shape index (κ2) is 8.32. The van der Waals surface area contributed by atoms with Gasteiger partial charge in [0.25, 0.3) is 5.89 Å². The third kappa shape index (κ3) is 3.70. The van der Waals surface area contributed by atoms with Crippen molar-refractivity contribution in [3.05, 3.63) is 28.0 Å². The number of hydrogen-bond acceptors (Lipinski definition) is 7. The third-order valence-electron chi connectivity index (χ3n) is 4.95. The van der Waals surface area contributed by atoms with Crippen molar-refractivity contribution in [2.45, 2.75) is 57.7 Å². The lowest BCUT2D eigenvalue weighted by atomic mass is 9.97. The van der Waals surface area contributed by atoms with Gasteiger partial charge in [-0.1, -0.05) is 5.16 Å². The van der Waals surface area contributed by atoms with E-state index in [1.54, 1.807) is 4.57 Å². The summed E-state index contributed by atoms with van der Waals surface area (Å²) in [7, 11) is 0. The van der Waals surface area contributed by atoms with Gasteiger partial charge in [0.1, 0.15) is 18.5 Å². The molecule has 144 valence electrons. The minimum absolute atomic E-state index is 0. The molecule has 2 aliphatic heterocycles. The van der Waals surface area contributed by atoms with Gasteiger partial charge in [-0.2, -0.15) is 10.1 Å². The molecule has 0 bridgehead atoms. The second-order valence-electron chi connectivity index (χ2n) is 6.62. The van der Waals surface area contributed by atoms with Gasteiger partial charge < -0.3 is 14.6 Å². The number of ether oxygens (including phenoxy) is 1. The van der Waals surface area contributed by atoms with E-state index in [0.717, 1.165) is 51.2 Å². The van der Waals surface area contributed by atoms with Crippen LogP contribution in [-0.4, -0.2) is 44.2 Å². The molecule has 4 rings (SSSR count). The van der Waals surface area contributed by atoms with E-state index in [1.165, 1.54) is 4.68 Å². The van der Waals surface area contributed by atoms with Gasteiger partial charge in [-0.3, -0.25) is 4.57 Å². The summed E-state index contributed by atoms with van der Waals surface area (Å²) in [5.41, 5.74) is -0.112. The zero-order valence-corrected chi connectivity index (χ0v) is 15.7. The highest BCUT2D eigenvalue weighted by Gasteiger charge is 2.26. The molecule has 1 unspecified atom stereocenters. The normalized spacial score (nSPS) is 21.0. The first-order valence-corrected chi connectivity index (χ1v) is 9.08. The topological polar surface area (TPSA) is 100 Å². The van der Waals surface area contributed by atoms with Crippen molar-refractivity contribution in [3.63, 3.8) is 0 Å². The fraction of sp³-hybridized carbons (Fsp3) is 0.750. The van der Waals surface area contributed by atoms with Crippen LogP contribution in [0.2, 0.25) is 0 Å². The second-order valence-corrected chi connectivity index (χ2v) is 6.62. The number of nitrogens with zero attached hydrogens (tertiary/aromatic N) is 5. The zero-order valence-electron chi connectivity index (χ0n) is 14.9. The van der Waals surface area contributed by atoms with E-state index in [4.69, 9.17) is 9.26 Å². The molecule has 2 aromatic rings. The van der Waals surface area contributed by atoms with Crippen LogP contribution >= 0.6 is 12.4 Å². The summed E-state index contributed by atoms with van der Waals surface area (Å²) in [5, 5.41) is 11.9. The Hall–Kier alpha value is -1.71. The van der Waals surface area contributed by atoms with Gasteiger partial charge in [0.05, 0.1) is 0 Å². The molecular formula is C16H25ClN6O3. The molecule has 2 aliphatic rings. The van der Waals surface area contributed by atoms with Crippen molar-refractivity contribution in [2.24, 2.45) is 0 Å². The van der Waals surface area contributed by atoms with Gasteiger partial charge in [0.2, 0.25) is 0 Å². The van der Waals surface area contributed by atoms with Gasteiger partial charge in [-0.15, -0.1) is 12.4 Å². The summed E-state index contributed by atoms with van der Waals surface area (Å²) in [5.74, 6) is 2.15. The minimum Gasteiger partial charge on any atom is -0.368 e. The molecule has 0 saturated carbocycles. The summed E-state index contributed by atoms with van der Waals surface area (Å²) in [6.07, 6.45) is 3.79. The molecule has 0 amide bonds. The van der Waals surface area contributed by atoms with E-state index in [0.29, 0.717) is 24.2 Å². The molecule has 1 N–H and O–H groups in total. The maximum atomic E-state index is 12.7. The smallest absolute Gasteiger partial charge is 0.346 e. The van der Waals surface area contributed by atoms with Gasteiger partial charge in [0, 0.05) is 19.1 Å². The fourth-order valence-corrected chi connectivity index (χ4v) is 3.61. The van der Waals surface area contributed by atoms with E-state index < -0.39 is 0 Å². The van der Waals surface area contributed by atoms with E-state index in [2.05, 4.69) is 20.6 Å². The highest BCUT2D eigenvalue weighted by Crippen LogP contribution is 2.27. The van der Waals surface area contributed by atoms with Crippen molar-refractivity contribution in [1.29, 1.82) is 0 Å². The summed E-state index contributed by atoms with van der Waals surface area (Å²) in [4.78, 5) is 17.1. The molecule has 2 saturated heterocycles. The van der Waals surface area contributed by atoms with Crippen molar-refractivity contribution < 1.29 is 9.26 Å². The number of halogens is 1. The van der Waals surface area contributed by atoms with Crippen molar-refractivity contribution in [1.82, 2.24) is 29.8 Å². The van der Waals surface area contributed by atoms with E-state index in [9.17, 15) is 4.79 Å². The zero-order chi connectivity index (χ0) is 17.2. The van der Waals surface area contributed by atoms with Crippen molar-refractivity contribution >= 4 is 12.4 Å². The quantitative estimate of drug-likeness (QED) is 0.827. The van der Waals surface area contributed by atoms with Crippen LogP contribution in [0.5, 0.6) is 0 Å². The van der Waals surface area contributed by atoms with Crippen molar-refractivity contribution in [2.75, 3.05) is 19.7 Å². The lowest BCUT2D eigenvalue weighted by Gasteiger charge is -2.21. The van der Waals surface area contributed by atoms with Gasteiger partial charge in [-0.25, -0.2) is 9.48 Å². The Bertz CT molecular complexity index is 773. The number of nitrogens with one attached hydrogen (secondary N) is 1. The van der Waals surface area contributed by atoms with Gasteiger partial charge in [-0.05, 0) is 45.7 Å². The van der Waals surface area contributed by atoms with Crippen LogP contribution in [-0.2, 0) is 17.8 Å². The Balaban J connectivity index is 0.00000196. The summed E-state index contributed by atoms with van der Waals surface area (Å²) in [6.45, 7) is 5.46. The number of rotatable bonds is 5. The van der Waals surface area contributed by atoms with Crippen LogP contribution < -0.4 is 11.0 Å². The minimum atomic E-state index is -0.114. The van der Waals surface area contributed by atoms with Crippen LogP contribution in [0.1, 0.15) is 62.2 Å². The predicted octanol–water partition coefficient (Wildman–Crippen LogP) is 1.24. The van der Waals surface area contributed by atoms with Crippen LogP contribution in [0.25, 0.3) is 0 Å². The maximum Gasteiger partial charge on any atom is 0.346 e. The molecule has 26 heavy (non-hydrogen) atoms. The highest BCUT2D eigenvalue weighted by atomic mass is 35.5. The first kappa shape index (κ1) is 19.1. The van der Waals surface area contributed by atoms with E-state index in [-0.39, 0.29) is 30.7 Å². The fourth-order valence-electron chi connectivity index (χ4n) is 3.61. The largest absolute Gasteiger partial charge is 0.368 e. The molecule has 4 heterocycles. The van der Waals surface area contributed by atoms with Crippen LogP contribution in [0.4, 0.5) is 0 Å². The molecule has 0 spiro atoms. The predicted molar refractivity (Wildman–Crippen MR) is 95.6 cm³/mol. The van der Waals surface area contributed by atoms with Crippen LogP contribution in [0.15, 0.2) is 9.32 Å². The number of hydrogen-bond donors (Lipinski definition) is 1. The van der Waals surface area contributed by atoms with Crippen LogP contribution in [0, 0.1) is 0 Å². The summed E-state index contributed by atoms with van der Waals surface area (Å²) < 4.78 is 14.1. The Kier molecular flexibility index (Phi) is 6.10.